The van der Waals surface area contributed by atoms with Gasteiger partial charge in [0.2, 0.25) is 5.91 Å². The average Bonchev–Trinajstić information content (AvgIpc) is 2.75. The van der Waals surface area contributed by atoms with Crippen molar-refractivity contribution in [3.05, 3.63) is 0 Å². The molecular weight excluding hydrogens is 264 g/mol. The number of guanidine groups is 1. The maximum absolute atomic E-state index is 12.0. The van der Waals surface area contributed by atoms with E-state index in [4.69, 9.17) is 4.99 Å². The lowest BCUT2D eigenvalue weighted by Crippen LogP contribution is -2.43. The highest BCUT2D eigenvalue weighted by molar-refractivity contribution is 5.84. The molecule has 5 nitrogen and oxygen atoms in total. The van der Waals surface area contributed by atoms with Crippen LogP contribution in [-0.2, 0) is 4.79 Å². The zero-order valence-corrected chi connectivity index (χ0v) is 14.5. The molecule has 21 heavy (non-hydrogen) atoms. The number of carbonyl (C=O) groups excluding carboxylic acids is 1. The highest BCUT2D eigenvalue weighted by Gasteiger charge is 2.32. The van der Waals surface area contributed by atoms with Crippen LogP contribution >= 0.6 is 0 Å². The molecule has 122 valence electrons. The summed E-state index contributed by atoms with van der Waals surface area (Å²) >= 11 is 0. The molecule has 0 radical (unpaired) electrons. The van der Waals surface area contributed by atoms with Gasteiger partial charge in [-0.3, -0.25) is 9.79 Å². The van der Waals surface area contributed by atoms with Crippen molar-refractivity contribution in [1.82, 2.24) is 15.5 Å². The van der Waals surface area contributed by atoms with E-state index in [0.29, 0.717) is 18.5 Å². The van der Waals surface area contributed by atoms with E-state index >= 15 is 0 Å². The van der Waals surface area contributed by atoms with Crippen LogP contribution in [-0.4, -0.2) is 49.5 Å². The molecule has 0 saturated carbocycles. The normalized spacial score (nSPS) is 18.8. The summed E-state index contributed by atoms with van der Waals surface area (Å²) in [6.07, 6.45) is 1.18. The molecule has 0 spiro atoms. The maximum Gasteiger partial charge on any atom is 0.227 e. The molecule has 1 aliphatic rings. The summed E-state index contributed by atoms with van der Waals surface area (Å²) in [5.41, 5.74) is -0.142. The van der Waals surface area contributed by atoms with Crippen LogP contribution in [0.25, 0.3) is 0 Å². The number of nitrogens with one attached hydrogen (secondary N) is 2. The van der Waals surface area contributed by atoms with Gasteiger partial charge >= 0.3 is 0 Å². The third kappa shape index (κ3) is 5.21. The molecule has 0 aliphatic carbocycles. The molecule has 0 aromatic rings. The lowest BCUT2D eigenvalue weighted by atomic mass is 9.92. The third-order valence-electron chi connectivity index (χ3n) is 3.89. The Morgan fingerprint density at radius 1 is 1.24 bits per heavy atom. The number of hydrogen-bond acceptors (Lipinski definition) is 2. The van der Waals surface area contributed by atoms with Crippen LogP contribution in [0.2, 0.25) is 0 Å². The van der Waals surface area contributed by atoms with E-state index in [2.05, 4.69) is 36.3 Å². The maximum atomic E-state index is 12.0. The molecule has 5 heteroatoms. The highest BCUT2D eigenvalue weighted by Crippen LogP contribution is 2.28. The predicted octanol–water partition coefficient (Wildman–Crippen LogP) is 1.85. The zero-order valence-electron chi connectivity index (χ0n) is 14.5. The van der Waals surface area contributed by atoms with Crippen molar-refractivity contribution in [2.24, 2.45) is 15.8 Å². The summed E-state index contributed by atoms with van der Waals surface area (Å²) in [6, 6.07) is 0. The standard InChI is InChI=1S/C16H32N4O/c1-7-17-13(21)16(5,6)11-19-14(18-8-2)20-10-9-15(3,4)12-20/h7-12H2,1-6H3,(H,17,21)(H,18,19). The summed E-state index contributed by atoms with van der Waals surface area (Å²) in [5.74, 6) is 0.992. The number of aliphatic imine (C=N–C) groups is 1. The van der Waals surface area contributed by atoms with Gasteiger partial charge in [0.1, 0.15) is 0 Å². The van der Waals surface area contributed by atoms with E-state index in [1.807, 2.05) is 20.8 Å². The molecule has 1 saturated heterocycles. The highest BCUT2D eigenvalue weighted by atomic mass is 16.2. The summed E-state index contributed by atoms with van der Waals surface area (Å²) in [7, 11) is 0. The molecular formula is C16H32N4O. The van der Waals surface area contributed by atoms with E-state index in [9.17, 15) is 4.79 Å². The minimum Gasteiger partial charge on any atom is -0.357 e. The molecule has 0 aromatic heterocycles. The first kappa shape index (κ1) is 17.8. The van der Waals surface area contributed by atoms with Crippen molar-refractivity contribution in [2.75, 3.05) is 32.7 Å². The quantitative estimate of drug-likeness (QED) is 0.601. The number of amides is 1. The Hall–Kier alpha value is -1.26. The van der Waals surface area contributed by atoms with Crippen LogP contribution < -0.4 is 10.6 Å². The zero-order chi connectivity index (χ0) is 16.1. The third-order valence-corrected chi connectivity index (χ3v) is 3.89. The predicted molar refractivity (Wildman–Crippen MR) is 88.4 cm³/mol. The molecule has 2 N–H and O–H groups in total. The Bertz CT molecular complexity index is 388. The number of carbonyl (C=O) groups is 1. The Kier molecular flexibility index (Phi) is 6.05. The second-order valence-corrected chi connectivity index (χ2v) is 7.25. The largest absolute Gasteiger partial charge is 0.357 e. The van der Waals surface area contributed by atoms with Gasteiger partial charge in [-0.05, 0) is 39.5 Å². The van der Waals surface area contributed by atoms with Gasteiger partial charge < -0.3 is 15.5 Å². The molecule has 1 aliphatic heterocycles. The number of hydrogen-bond donors (Lipinski definition) is 2. The van der Waals surface area contributed by atoms with Crippen molar-refractivity contribution in [3.63, 3.8) is 0 Å². The molecule has 0 atom stereocenters. The van der Waals surface area contributed by atoms with E-state index in [0.717, 1.165) is 25.6 Å². The van der Waals surface area contributed by atoms with E-state index in [1.54, 1.807) is 0 Å². The van der Waals surface area contributed by atoms with Crippen LogP contribution in [0.3, 0.4) is 0 Å². The number of likely N-dealkylation sites (tertiary alicyclic amines) is 1. The van der Waals surface area contributed by atoms with Gasteiger partial charge in [0, 0.05) is 26.2 Å². The van der Waals surface area contributed by atoms with Crippen molar-refractivity contribution in [3.8, 4) is 0 Å². The van der Waals surface area contributed by atoms with Gasteiger partial charge in [0.25, 0.3) is 0 Å². The van der Waals surface area contributed by atoms with Gasteiger partial charge in [-0.2, -0.15) is 0 Å². The Labute approximate surface area is 129 Å². The molecule has 1 heterocycles. The minimum absolute atomic E-state index is 0.0614. The number of rotatable bonds is 5. The van der Waals surface area contributed by atoms with Gasteiger partial charge in [-0.15, -0.1) is 0 Å². The van der Waals surface area contributed by atoms with Crippen LogP contribution in [0.15, 0.2) is 4.99 Å². The first-order valence-electron chi connectivity index (χ1n) is 8.03. The second kappa shape index (κ2) is 7.14. The SMILES string of the molecule is CCNC(=O)C(C)(C)CN=C(NCC)N1CCC(C)(C)C1. The fraction of sp³-hybridized carbons (Fsp3) is 0.875. The molecule has 1 fully saturated rings. The Balaban J connectivity index is 2.74. The fourth-order valence-electron chi connectivity index (χ4n) is 2.46. The minimum atomic E-state index is -0.480. The van der Waals surface area contributed by atoms with E-state index < -0.39 is 5.41 Å². The Morgan fingerprint density at radius 3 is 2.33 bits per heavy atom. The summed E-state index contributed by atoms with van der Waals surface area (Å²) < 4.78 is 0. The van der Waals surface area contributed by atoms with Gasteiger partial charge in [-0.1, -0.05) is 13.8 Å². The first-order valence-corrected chi connectivity index (χ1v) is 8.03. The van der Waals surface area contributed by atoms with E-state index in [-0.39, 0.29) is 5.91 Å². The Morgan fingerprint density at radius 2 is 1.86 bits per heavy atom. The summed E-state index contributed by atoms with van der Waals surface area (Å²) in [4.78, 5) is 19.1. The molecule has 0 unspecified atom stereocenters. The molecule has 1 rings (SSSR count). The van der Waals surface area contributed by atoms with Crippen molar-refractivity contribution in [2.45, 2.75) is 48.0 Å². The summed E-state index contributed by atoms with van der Waals surface area (Å²) in [6.45, 7) is 16.5. The van der Waals surface area contributed by atoms with Crippen molar-refractivity contribution < 1.29 is 4.79 Å². The first-order chi connectivity index (χ1) is 9.72. The molecule has 0 bridgehead atoms. The van der Waals surface area contributed by atoms with Crippen molar-refractivity contribution >= 4 is 11.9 Å². The lowest BCUT2D eigenvalue weighted by molar-refractivity contribution is -0.128. The molecule has 1 amide bonds. The van der Waals surface area contributed by atoms with Crippen LogP contribution in [0.5, 0.6) is 0 Å². The summed E-state index contributed by atoms with van der Waals surface area (Å²) in [5, 5.41) is 6.23. The van der Waals surface area contributed by atoms with Gasteiger partial charge in [-0.25, -0.2) is 0 Å². The fourth-order valence-corrected chi connectivity index (χ4v) is 2.46. The lowest BCUT2D eigenvalue weighted by Gasteiger charge is -2.26. The second-order valence-electron chi connectivity index (χ2n) is 7.25. The van der Waals surface area contributed by atoms with Crippen LogP contribution in [0.4, 0.5) is 0 Å². The average molecular weight is 296 g/mol. The van der Waals surface area contributed by atoms with E-state index in [1.165, 1.54) is 6.42 Å². The number of nitrogens with zero attached hydrogens (tertiary/aromatic N) is 2. The van der Waals surface area contributed by atoms with Gasteiger partial charge in [0.05, 0.1) is 12.0 Å². The molecule has 0 aromatic carbocycles. The topological polar surface area (TPSA) is 56.7 Å². The van der Waals surface area contributed by atoms with Crippen LogP contribution in [0.1, 0.15) is 48.0 Å². The smallest absolute Gasteiger partial charge is 0.227 e. The van der Waals surface area contributed by atoms with Gasteiger partial charge in [0.15, 0.2) is 5.96 Å². The van der Waals surface area contributed by atoms with Crippen LogP contribution in [0, 0.1) is 10.8 Å². The monoisotopic (exact) mass is 296 g/mol. The van der Waals surface area contributed by atoms with Crippen molar-refractivity contribution in [1.29, 1.82) is 0 Å².